The standard InChI is InChI=1S/C8H15N/c1-3-8-6-5-7-9(8)4-2/h5,7-8H,3-4,6H2,1-2H3/t8-/m1/s1. The summed E-state index contributed by atoms with van der Waals surface area (Å²) < 4.78 is 0. The lowest BCUT2D eigenvalue weighted by molar-refractivity contribution is 0.306. The van der Waals surface area contributed by atoms with E-state index in [0.29, 0.717) is 0 Å². The van der Waals surface area contributed by atoms with Crippen molar-refractivity contribution in [1.29, 1.82) is 0 Å². The minimum atomic E-state index is 0.801. The molecule has 0 aliphatic carbocycles. The van der Waals surface area contributed by atoms with Crippen molar-refractivity contribution in [1.82, 2.24) is 4.90 Å². The molecular formula is C8H15N. The zero-order chi connectivity index (χ0) is 6.69. The Hall–Kier alpha value is -0.460. The number of hydrogen-bond acceptors (Lipinski definition) is 1. The van der Waals surface area contributed by atoms with Gasteiger partial charge in [-0.05, 0) is 26.0 Å². The Labute approximate surface area is 57.4 Å². The van der Waals surface area contributed by atoms with Gasteiger partial charge in [0.05, 0.1) is 0 Å². The number of hydrogen-bond donors (Lipinski definition) is 0. The fourth-order valence-corrected chi connectivity index (χ4v) is 1.38. The molecule has 1 nitrogen and oxygen atoms in total. The van der Waals surface area contributed by atoms with Gasteiger partial charge in [0.25, 0.3) is 0 Å². The third-order valence-corrected chi connectivity index (χ3v) is 2.01. The van der Waals surface area contributed by atoms with Crippen molar-refractivity contribution in [3.05, 3.63) is 12.3 Å². The number of rotatable bonds is 2. The van der Waals surface area contributed by atoms with E-state index in [9.17, 15) is 0 Å². The minimum absolute atomic E-state index is 0.801. The summed E-state index contributed by atoms with van der Waals surface area (Å²) in [6.07, 6.45) is 7.01. The van der Waals surface area contributed by atoms with Crippen LogP contribution < -0.4 is 0 Å². The maximum Gasteiger partial charge on any atom is 0.0316 e. The second kappa shape index (κ2) is 2.90. The van der Waals surface area contributed by atoms with Crippen LogP contribution in [0.5, 0.6) is 0 Å². The van der Waals surface area contributed by atoms with E-state index in [-0.39, 0.29) is 0 Å². The third kappa shape index (κ3) is 1.26. The average Bonchev–Trinajstić information content (AvgIpc) is 2.33. The lowest BCUT2D eigenvalue weighted by Gasteiger charge is -2.22. The predicted molar refractivity (Wildman–Crippen MR) is 40.2 cm³/mol. The molecule has 0 unspecified atom stereocenters. The molecule has 1 heterocycles. The van der Waals surface area contributed by atoms with Gasteiger partial charge in [-0.3, -0.25) is 0 Å². The van der Waals surface area contributed by atoms with Crippen LogP contribution in [-0.2, 0) is 0 Å². The summed E-state index contributed by atoms with van der Waals surface area (Å²) in [5.41, 5.74) is 0. The largest absolute Gasteiger partial charge is 0.375 e. The summed E-state index contributed by atoms with van der Waals surface area (Å²) in [5, 5.41) is 0. The van der Waals surface area contributed by atoms with Gasteiger partial charge >= 0.3 is 0 Å². The zero-order valence-corrected chi connectivity index (χ0v) is 6.30. The van der Waals surface area contributed by atoms with Gasteiger partial charge in [-0.25, -0.2) is 0 Å². The topological polar surface area (TPSA) is 3.24 Å². The van der Waals surface area contributed by atoms with E-state index in [2.05, 4.69) is 31.0 Å². The van der Waals surface area contributed by atoms with Gasteiger partial charge in [-0.2, -0.15) is 0 Å². The molecule has 1 aliphatic heterocycles. The third-order valence-electron chi connectivity index (χ3n) is 2.01. The van der Waals surface area contributed by atoms with Gasteiger partial charge in [0, 0.05) is 12.6 Å². The molecule has 0 saturated carbocycles. The maximum atomic E-state index is 2.40. The SMILES string of the molecule is CC[C@@H]1CC=CN1CC. The molecule has 0 bridgehead atoms. The second-order valence-corrected chi connectivity index (χ2v) is 2.51. The summed E-state index contributed by atoms with van der Waals surface area (Å²) in [6, 6.07) is 0.801. The van der Waals surface area contributed by atoms with E-state index in [1.54, 1.807) is 0 Å². The summed E-state index contributed by atoms with van der Waals surface area (Å²) in [5.74, 6) is 0. The Morgan fingerprint density at radius 3 is 2.78 bits per heavy atom. The Balaban J connectivity index is 2.39. The van der Waals surface area contributed by atoms with Gasteiger partial charge in [0.1, 0.15) is 0 Å². The smallest absolute Gasteiger partial charge is 0.0316 e. The van der Waals surface area contributed by atoms with Crippen LogP contribution in [-0.4, -0.2) is 17.5 Å². The van der Waals surface area contributed by atoms with E-state index in [1.807, 2.05) is 0 Å². The van der Waals surface area contributed by atoms with Crippen LogP contribution in [0.25, 0.3) is 0 Å². The van der Waals surface area contributed by atoms with Crippen molar-refractivity contribution in [2.45, 2.75) is 32.7 Å². The highest BCUT2D eigenvalue weighted by atomic mass is 15.1. The Morgan fingerprint density at radius 1 is 1.56 bits per heavy atom. The molecule has 0 radical (unpaired) electrons. The normalized spacial score (nSPS) is 25.6. The van der Waals surface area contributed by atoms with Crippen LogP contribution in [0.1, 0.15) is 26.7 Å². The maximum absolute atomic E-state index is 2.40. The molecule has 1 heteroatoms. The highest BCUT2D eigenvalue weighted by Crippen LogP contribution is 2.15. The molecule has 0 aromatic heterocycles. The summed E-state index contributed by atoms with van der Waals surface area (Å²) in [6.45, 7) is 5.62. The molecule has 9 heavy (non-hydrogen) atoms. The van der Waals surface area contributed by atoms with E-state index in [4.69, 9.17) is 0 Å². The Morgan fingerprint density at radius 2 is 2.33 bits per heavy atom. The van der Waals surface area contributed by atoms with Crippen LogP contribution in [0.15, 0.2) is 12.3 Å². The fourth-order valence-electron chi connectivity index (χ4n) is 1.38. The van der Waals surface area contributed by atoms with Gasteiger partial charge in [0.15, 0.2) is 0 Å². The molecule has 52 valence electrons. The summed E-state index contributed by atoms with van der Waals surface area (Å²) in [7, 11) is 0. The van der Waals surface area contributed by atoms with Crippen molar-refractivity contribution in [3.63, 3.8) is 0 Å². The summed E-state index contributed by atoms with van der Waals surface area (Å²) >= 11 is 0. The average molecular weight is 125 g/mol. The van der Waals surface area contributed by atoms with Crippen LogP contribution in [0, 0.1) is 0 Å². The summed E-state index contributed by atoms with van der Waals surface area (Å²) in [4.78, 5) is 2.40. The van der Waals surface area contributed by atoms with Gasteiger partial charge in [-0.1, -0.05) is 13.0 Å². The van der Waals surface area contributed by atoms with Gasteiger partial charge in [0.2, 0.25) is 0 Å². The molecule has 1 rings (SSSR count). The van der Waals surface area contributed by atoms with Crippen LogP contribution in [0.4, 0.5) is 0 Å². The van der Waals surface area contributed by atoms with Crippen molar-refractivity contribution in [2.24, 2.45) is 0 Å². The van der Waals surface area contributed by atoms with E-state index in [0.717, 1.165) is 12.6 Å². The lowest BCUT2D eigenvalue weighted by Crippen LogP contribution is -2.25. The van der Waals surface area contributed by atoms with E-state index < -0.39 is 0 Å². The molecule has 1 atom stereocenters. The van der Waals surface area contributed by atoms with Gasteiger partial charge < -0.3 is 4.90 Å². The molecule has 0 amide bonds. The van der Waals surface area contributed by atoms with E-state index in [1.165, 1.54) is 12.8 Å². The van der Waals surface area contributed by atoms with Gasteiger partial charge in [-0.15, -0.1) is 0 Å². The Bertz CT molecular complexity index is 107. The first-order chi connectivity index (χ1) is 4.38. The molecule has 1 aliphatic rings. The zero-order valence-electron chi connectivity index (χ0n) is 6.30. The first-order valence-corrected chi connectivity index (χ1v) is 3.80. The second-order valence-electron chi connectivity index (χ2n) is 2.51. The van der Waals surface area contributed by atoms with Crippen LogP contribution >= 0.6 is 0 Å². The molecule has 0 fully saturated rings. The first-order valence-electron chi connectivity index (χ1n) is 3.80. The molecule has 0 saturated heterocycles. The highest BCUT2D eigenvalue weighted by molar-refractivity contribution is 4.96. The first kappa shape index (κ1) is 6.66. The fraction of sp³-hybridized carbons (Fsp3) is 0.750. The molecule has 0 spiro atoms. The highest BCUT2D eigenvalue weighted by Gasteiger charge is 2.13. The molecular weight excluding hydrogens is 110 g/mol. The minimum Gasteiger partial charge on any atom is -0.375 e. The monoisotopic (exact) mass is 125 g/mol. The van der Waals surface area contributed by atoms with E-state index >= 15 is 0 Å². The van der Waals surface area contributed by atoms with Crippen LogP contribution in [0.3, 0.4) is 0 Å². The predicted octanol–water partition coefficient (Wildman–Crippen LogP) is 2.00. The molecule has 0 aromatic carbocycles. The van der Waals surface area contributed by atoms with Crippen LogP contribution in [0.2, 0.25) is 0 Å². The molecule has 0 N–H and O–H groups in total. The lowest BCUT2D eigenvalue weighted by atomic mass is 10.2. The number of nitrogens with zero attached hydrogens (tertiary/aromatic N) is 1. The molecule has 0 aromatic rings. The van der Waals surface area contributed by atoms with Crippen molar-refractivity contribution >= 4 is 0 Å². The van der Waals surface area contributed by atoms with Crippen molar-refractivity contribution in [2.75, 3.05) is 6.54 Å². The van der Waals surface area contributed by atoms with Crippen molar-refractivity contribution < 1.29 is 0 Å². The van der Waals surface area contributed by atoms with Crippen molar-refractivity contribution in [3.8, 4) is 0 Å². The quantitative estimate of drug-likeness (QED) is 0.545. The Kier molecular flexibility index (Phi) is 2.15.